The lowest BCUT2D eigenvalue weighted by Gasteiger charge is -2.28. The average molecular weight is 558 g/mol. The first kappa shape index (κ1) is 25.9. The molecule has 0 spiro atoms. The van der Waals surface area contributed by atoms with Crippen molar-refractivity contribution >= 4 is 33.3 Å². The first-order valence-corrected chi connectivity index (χ1v) is 14.2. The summed E-state index contributed by atoms with van der Waals surface area (Å²) in [5, 5.41) is 5.28. The van der Waals surface area contributed by atoms with Gasteiger partial charge < -0.3 is 30.0 Å². The van der Waals surface area contributed by atoms with Crippen LogP contribution in [0.3, 0.4) is 0 Å². The van der Waals surface area contributed by atoms with Crippen LogP contribution in [0.5, 0.6) is 11.5 Å². The Bertz CT molecular complexity index is 1730. The molecule has 2 fully saturated rings. The zero-order valence-electron chi connectivity index (χ0n) is 22.7. The topological polar surface area (TPSA) is 102 Å². The molecule has 1 aromatic heterocycles. The number of pyridine rings is 1. The number of hydrogen-bond donors (Lipinski definition) is 2. The first-order valence-electron chi connectivity index (χ1n) is 14.2. The second-order valence-electron chi connectivity index (χ2n) is 11.0. The summed E-state index contributed by atoms with van der Waals surface area (Å²) >= 11 is 0. The molecule has 1 unspecified atom stereocenters. The fourth-order valence-corrected chi connectivity index (χ4v) is 6.10. The summed E-state index contributed by atoms with van der Waals surface area (Å²) in [7, 11) is 0. The highest BCUT2D eigenvalue weighted by Crippen LogP contribution is 2.46. The van der Waals surface area contributed by atoms with E-state index in [-0.39, 0.29) is 28.4 Å². The molecule has 4 aromatic rings. The molecule has 1 atom stereocenters. The van der Waals surface area contributed by atoms with Crippen molar-refractivity contribution in [1.82, 2.24) is 14.4 Å². The zero-order chi connectivity index (χ0) is 28.1. The SMILES string of the molecule is NC1CCN(C(=O)c2cn3c4c(c(NCCCN5CCOCC5)c(F)cc4c2=O)Oc2cc4ccccc4cc2-3)C1. The number of nitrogens with one attached hydrogen (secondary N) is 1. The molecule has 0 radical (unpaired) electrons. The number of carbonyl (C=O) groups excluding carboxylic acids is 1. The zero-order valence-corrected chi connectivity index (χ0v) is 22.7. The third-order valence-corrected chi connectivity index (χ3v) is 8.29. The maximum absolute atomic E-state index is 15.8. The van der Waals surface area contributed by atoms with E-state index >= 15 is 4.39 Å². The standard InChI is InChI=1S/C31H32FN5O4/c32-24-16-22-28-30(27(24)34-7-3-8-35-10-12-40-13-11-35)41-26-15-20-5-2-1-4-19(20)14-25(26)37(28)18-23(29(22)38)31(39)36-9-6-21(33)17-36/h1-2,4-5,14-16,18,21,34H,3,6-13,17,33H2. The van der Waals surface area contributed by atoms with Gasteiger partial charge in [0.05, 0.1) is 24.3 Å². The number of ether oxygens (including phenoxy) is 2. The van der Waals surface area contributed by atoms with Crippen molar-refractivity contribution in [3.8, 4) is 17.2 Å². The summed E-state index contributed by atoms with van der Waals surface area (Å²) in [5.74, 6) is -0.229. The molecule has 0 aliphatic carbocycles. The second kappa shape index (κ2) is 10.4. The number of amides is 1. The molecule has 3 aliphatic rings. The molecule has 4 heterocycles. The number of morpholine rings is 1. The van der Waals surface area contributed by atoms with Gasteiger partial charge in [0.1, 0.15) is 16.8 Å². The molecule has 3 aromatic carbocycles. The van der Waals surface area contributed by atoms with E-state index in [0.29, 0.717) is 43.0 Å². The van der Waals surface area contributed by atoms with Gasteiger partial charge in [-0.25, -0.2) is 4.39 Å². The van der Waals surface area contributed by atoms with E-state index in [2.05, 4.69) is 10.2 Å². The van der Waals surface area contributed by atoms with Crippen molar-refractivity contribution in [2.24, 2.45) is 5.73 Å². The molecular formula is C31H32FN5O4. The molecule has 212 valence electrons. The molecule has 7 rings (SSSR count). The van der Waals surface area contributed by atoms with Crippen LogP contribution >= 0.6 is 0 Å². The second-order valence-corrected chi connectivity index (χ2v) is 11.0. The highest BCUT2D eigenvalue weighted by Gasteiger charge is 2.31. The minimum Gasteiger partial charge on any atom is -0.451 e. The predicted octanol–water partition coefficient (Wildman–Crippen LogP) is 3.70. The summed E-state index contributed by atoms with van der Waals surface area (Å²) in [6.45, 7) is 5.49. The number of anilines is 1. The van der Waals surface area contributed by atoms with Crippen LogP contribution < -0.4 is 21.2 Å². The van der Waals surface area contributed by atoms with Gasteiger partial charge in [0, 0.05) is 45.0 Å². The Balaban J connectivity index is 1.33. The van der Waals surface area contributed by atoms with Gasteiger partial charge in [-0.2, -0.15) is 0 Å². The minimum atomic E-state index is -0.598. The lowest BCUT2D eigenvalue weighted by Crippen LogP contribution is -2.37. The maximum atomic E-state index is 15.8. The number of nitrogens with zero attached hydrogens (tertiary/aromatic N) is 3. The monoisotopic (exact) mass is 557 g/mol. The van der Waals surface area contributed by atoms with Crippen molar-refractivity contribution in [1.29, 1.82) is 0 Å². The van der Waals surface area contributed by atoms with E-state index in [4.69, 9.17) is 15.2 Å². The number of likely N-dealkylation sites (tertiary alicyclic amines) is 1. The van der Waals surface area contributed by atoms with E-state index in [0.717, 1.165) is 50.0 Å². The highest BCUT2D eigenvalue weighted by molar-refractivity contribution is 6.02. The van der Waals surface area contributed by atoms with Crippen LogP contribution in [0.1, 0.15) is 23.2 Å². The Hall–Kier alpha value is -3.99. The van der Waals surface area contributed by atoms with Gasteiger partial charge in [0.2, 0.25) is 5.43 Å². The summed E-state index contributed by atoms with van der Waals surface area (Å²) in [6, 6.07) is 12.9. The number of nitrogens with two attached hydrogens (primary N) is 1. The number of hydrogen-bond acceptors (Lipinski definition) is 7. The van der Waals surface area contributed by atoms with E-state index < -0.39 is 17.2 Å². The smallest absolute Gasteiger partial charge is 0.259 e. The molecule has 3 aliphatic heterocycles. The summed E-state index contributed by atoms with van der Waals surface area (Å²) in [5.41, 5.74) is 6.83. The minimum absolute atomic E-state index is 0.0100. The Morgan fingerprint density at radius 1 is 1.10 bits per heavy atom. The van der Waals surface area contributed by atoms with E-state index in [9.17, 15) is 9.59 Å². The number of rotatable bonds is 6. The van der Waals surface area contributed by atoms with E-state index in [1.165, 1.54) is 6.07 Å². The lowest BCUT2D eigenvalue weighted by molar-refractivity contribution is 0.0378. The third kappa shape index (κ3) is 4.61. The highest BCUT2D eigenvalue weighted by atomic mass is 19.1. The van der Waals surface area contributed by atoms with E-state index in [1.54, 1.807) is 15.7 Å². The lowest BCUT2D eigenvalue weighted by atomic mass is 10.0. The first-order chi connectivity index (χ1) is 20.0. The normalized spacial score (nSPS) is 18.5. The quantitative estimate of drug-likeness (QED) is 0.307. The van der Waals surface area contributed by atoms with Crippen molar-refractivity contribution in [3.63, 3.8) is 0 Å². The third-order valence-electron chi connectivity index (χ3n) is 8.29. The van der Waals surface area contributed by atoms with Crippen molar-refractivity contribution < 1.29 is 18.7 Å². The fraction of sp³-hybridized carbons (Fsp3) is 0.355. The van der Waals surface area contributed by atoms with Gasteiger partial charge in [-0.15, -0.1) is 0 Å². The Morgan fingerprint density at radius 2 is 1.88 bits per heavy atom. The van der Waals surface area contributed by atoms with Crippen LogP contribution in [0.15, 0.2) is 53.5 Å². The van der Waals surface area contributed by atoms with Gasteiger partial charge >= 0.3 is 0 Å². The summed E-state index contributed by atoms with van der Waals surface area (Å²) in [4.78, 5) is 31.2. The molecule has 3 N–H and O–H groups in total. The molecular weight excluding hydrogens is 525 g/mol. The largest absolute Gasteiger partial charge is 0.451 e. The molecule has 1 amide bonds. The number of benzene rings is 3. The van der Waals surface area contributed by atoms with Gasteiger partial charge in [-0.05, 0) is 48.4 Å². The van der Waals surface area contributed by atoms with Gasteiger partial charge in [0.25, 0.3) is 5.91 Å². The van der Waals surface area contributed by atoms with E-state index in [1.807, 2.05) is 36.4 Å². The molecule has 41 heavy (non-hydrogen) atoms. The van der Waals surface area contributed by atoms with Crippen LogP contribution in [0, 0.1) is 5.82 Å². The Morgan fingerprint density at radius 3 is 2.63 bits per heavy atom. The fourth-order valence-electron chi connectivity index (χ4n) is 6.10. The number of carbonyl (C=O) groups is 1. The van der Waals surface area contributed by atoms with Crippen molar-refractivity contribution in [2.45, 2.75) is 18.9 Å². The molecule has 2 saturated heterocycles. The Labute approximate surface area is 236 Å². The summed E-state index contributed by atoms with van der Waals surface area (Å²) < 4.78 is 29.4. The summed E-state index contributed by atoms with van der Waals surface area (Å²) in [6.07, 6.45) is 3.06. The average Bonchev–Trinajstić information content (AvgIpc) is 3.43. The predicted molar refractivity (Wildman–Crippen MR) is 156 cm³/mol. The molecule has 0 saturated carbocycles. The Kier molecular flexibility index (Phi) is 6.61. The van der Waals surface area contributed by atoms with Crippen LogP contribution in [-0.4, -0.2) is 78.8 Å². The molecule has 10 heteroatoms. The number of aromatic nitrogens is 1. The number of halogens is 1. The number of fused-ring (bicyclic) bond motifs is 3. The van der Waals surface area contributed by atoms with Gasteiger partial charge in [0.15, 0.2) is 17.3 Å². The van der Waals surface area contributed by atoms with Crippen molar-refractivity contribution in [3.05, 3.63) is 70.3 Å². The van der Waals surface area contributed by atoms with Gasteiger partial charge in [-0.3, -0.25) is 14.5 Å². The van der Waals surface area contributed by atoms with Crippen LogP contribution in [-0.2, 0) is 4.74 Å². The maximum Gasteiger partial charge on any atom is 0.259 e. The van der Waals surface area contributed by atoms with Gasteiger partial charge in [-0.1, -0.05) is 24.3 Å². The van der Waals surface area contributed by atoms with Crippen LogP contribution in [0.4, 0.5) is 10.1 Å². The molecule has 0 bridgehead atoms. The van der Waals surface area contributed by atoms with Crippen LogP contribution in [0.2, 0.25) is 0 Å². The molecule has 9 nitrogen and oxygen atoms in total. The van der Waals surface area contributed by atoms with Crippen molar-refractivity contribution in [2.75, 3.05) is 57.8 Å². The van der Waals surface area contributed by atoms with Crippen LogP contribution in [0.25, 0.3) is 27.4 Å².